The number of amides is 1. The second-order valence-electron chi connectivity index (χ2n) is 36.8. The van der Waals surface area contributed by atoms with Crippen LogP contribution in [0.1, 0.15) is 112 Å². The van der Waals surface area contributed by atoms with Gasteiger partial charge >= 0.3 is 0 Å². The van der Waals surface area contributed by atoms with Gasteiger partial charge in [0, 0.05) is 17.9 Å². The van der Waals surface area contributed by atoms with E-state index in [0.717, 1.165) is 44.1 Å². The normalized spacial score (nSPS) is 52.2. The lowest BCUT2D eigenvalue weighted by atomic mass is 9.33. The summed E-state index contributed by atoms with van der Waals surface area (Å²) in [6, 6.07) is 0. The summed E-state index contributed by atoms with van der Waals surface area (Å²) in [6.45, 7) is 8.51. The van der Waals surface area contributed by atoms with Crippen molar-refractivity contribution in [1.29, 1.82) is 0 Å². The molecule has 21 saturated heterocycles. The summed E-state index contributed by atoms with van der Waals surface area (Å²) < 4.78 is 89.8. The number of aliphatic hydroxyl groups excluding tert-OH is 21. The number of nitrogens with one attached hydrogen (secondary N) is 1. The van der Waals surface area contributed by atoms with Crippen LogP contribution in [-0.2, 0) is 93.8 Å². The van der Waals surface area contributed by atoms with Crippen LogP contribution in [0.3, 0.4) is 0 Å². The van der Waals surface area contributed by atoms with Gasteiger partial charge in [-0.2, -0.15) is 0 Å². The number of allylic oxidation sites excluding steroid dienone is 2. The van der Waals surface area contributed by atoms with Gasteiger partial charge in [0.25, 0.3) is 0 Å². The number of ether oxygens (including phenoxy) is 15. The maximum atomic E-state index is 15.0. The molecule has 0 radical (unpaired) electrons. The topological polar surface area (TPSA) is 640 Å². The quantitative estimate of drug-likeness (QED) is 0.0769. The summed E-state index contributed by atoms with van der Waals surface area (Å²) in [5, 5.41) is 250. The summed E-state index contributed by atoms with van der Waals surface area (Å²) in [7, 11) is 0. The molecule has 44 atom stereocenters. The number of rotatable bonds is 14. The van der Waals surface area contributed by atoms with Crippen molar-refractivity contribution in [3.05, 3.63) is 23.5 Å². The maximum absolute atomic E-state index is 15.0. The predicted octanol–water partition coefficient (Wildman–Crippen LogP) is -8.96. The van der Waals surface area contributed by atoms with Crippen molar-refractivity contribution in [3.8, 4) is 0 Å². The Labute approximate surface area is 684 Å². The lowest BCUT2D eigenvalue weighted by Gasteiger charge is -2.70. The molecule has 119 heavy (non-hydrogen) atoms. The smallest absolute Gasteiger partial charge is 0.226 e. The fourth-order valence-corrected chi connectivity index (χ4v) is 22.1. The van der Waals surface area contributed by atoms with Crippen molar-refractivity contribution >= 4 is 11.7 Å². The third-order valence-electron chi connectivity index (χ3n) is 29.4. The molecule has 4 saturated carbocycles. The first-order valence-corrected chi connectivity index (χ1v) is 41.3. The Morgan fingerprint density at radius 1 is 0.454 bits per heavy atom. The highest BCUT2D eigenvalue weighted by Gasteiger charge is 2.71. The number of nitrogens with zero attached hydrogens (tertiary/aromatic N) is 3. The molecule has 42 nitrogen and oxygen atoms in total. The number of ketones is 1. The standard InChI is InChI=1S/C77H122N4O38/c1-72(2)40-8-11-77(7)63(75(40,5)10-9-41(72)89)32(88)18-30-31-19-74(4,13-12-73(31,3)14-15-76(30,77)6)71(104)78-16-17-105-28-29-20-81(80-79-29)21-33-56-42(90)49(97)64(106-33)114-57-34(22-82)108-66(51(99)44(57)92)116-59-36(24-84)110-68(53(101)46(59)94)118-61-38(26-86)112-70(55(103)48(61)96)119-62-39(27-87)111-69(54(102)47(62)95)117-60-37(25-85)109-67(52(100)45(60)93)115-58-35(23-83)107-65(113-56)50(98)43(58)91/h18,20,31,33-70,82-87,89-103H,8-17,19,21-28H2,1-7H3,(H,78,104)/t31-,33+,34+,35+,36+,37+,38+,39+,40-,41-,42+,43+,44+,45+,46+,47+,48+,49+,50+,51+,52+,53+,54+,55+,56+,57+,58+,59+,60+,61+,62+,63+,64+,65+,66+,67+,68+,69+,70+,73+,74-,75-,76+,77+/m0/s1. The van der Waals surface area contributed by atoms with Crippen molar-refractivity contribution in [2.24, 2.45) is 50.2 Å². The minimum Gasteiger partial charge on any atom is -0.394 e. The van der Waals surface area contributed by atoms with Crippen LogP contribution in [0.15, 0.2) is 17.8 Å². The highest BCUT2D eigenvalue weighted by molar-refractivity contribution is 5.96. The van der Waals surface area contributed by atoms with E-state index in [1.807, 2.05) is 13.0 Å². The molecule has 0 aromatic carbocycles. The van der Waals surface area contributed by atoms with E-state index < -0.39 is 273 Å². The van der Waals surface area contributed by atoms with Gasteiger partial charge in [0.2, 0.25) is 5.91 Å². The monoisotopic (exact) mass is 1710 g/mol. The molecule has 0 unspecified atom stereocenters. The molecule has 678 valence electrons. The minimum absolute atomic E-state index is 0.00516. The molecule has 21 aliphatic heterocycles. The van der Waals surface area contributed by atoms with Crippen LogP contribution < -0.4 is 5.32 Å². The van der Waals surface area contributed by atoms with Gasteiger partial charge in [0.1, 0.15) is 177 Å². The predicted molar refractivity (Wildman–Crippen MR) is 389 cm³/mol. The fraction of sp³-hybridized carbons (Fsp3) is 0.922. The average Bonchev–Trinajstić information content (AvgIpc) is 0.833. The maximum Gasteiger partial charge on any atom is 0.226 e. The van der Waals surface area contributed by atoms with Gasteiger partial charge in [-0.05, 0) is 103 Å². The van der Waals surface area contributed by atoms with Crippen molar-refractivity contribution < 1.29 is 188 Å². The highest BCUT2D eigenvalue weighted by Crippen LogP contribution is 2.75. The molecule has 22 N–H and O–H groups in total. The Morgan fingerprint density at radius 2 is 0.807 bits per heavy atom. The van der Waals surface area contributed by atoms with E-state index in [4.69, 9.17) is 71.1 Å². The molecule has 0 spiro atoms. The van der Waals surface area contributed by atoms with Crippen LogP contribution in [0.5, 0.6) is 0 Å². The molecule has 1 amide bonds. The summed E-state index contributed by atoms with van der Waals surface area (Å²) in [4.78, 5) is 29.5. The Balaban J connectivity index is 0.680. The number of carbonyl (C=O) groups is 2. The number of hydrogen-bond donors (Lipinski definition) is 22. The Morgan fingerprint density at radius 3 is 1.18 bits per heavy atom. The molecule has 5 aliphatic carbocycles. The molecule has 1 aromatic rings. The van der Waals surface area contributed by atoms with E-state index in [-0.39, 0.29) is 82.0 Å². The van der Waals surface area contributed by atoms with Crippen LogP contribution in [0.4, 0.5) is 0 Å². The molecule has 14 bridgehead atoms. The summed E-state index contributed by atoms with van der Waals surface area (Å²) in [6.07, 6.45) is -61.7. The third-order valence-corrected chi connectivity index (χ3v) is 29.4. The molecular formula is C77H122N4O38. The van der Waals surface area contributed by atoms with Gasteiger partial charge in [-0.3, -0.25) is 9.59 Å². The highest BCUT2D eigenvalue weighted by atomic mass is 16.8. The lowest BCUT2D eigenvalue weighted by Crippen LogP contribution is -2.68. The van der Waals surface area contributed by atoms with E-state index in [1.54, 1.807) is 0 Å². The largest absolute Gasteiger partial charge is 0.394 e. The van der Waals surface area contributed by atoms with Gasteiger partial charge in [-0.1, -0.05) is 59.3 Å². The minimum atomic E-state index is -2.27. The molecule has 1 aromatic heterocycles. The molecule has 26 aliphatic rings. The first kappa shape index (κ1) is 91.8. The number of aromatic nitrogens is 3. The second-order valence-corrected chi connectivity index (χ2v) is 36.8. The summed E-state index contributed by atoms with van der Waals surface area (Å²) >= 11 is 0. The van der Waals surface area contributed by atoms with Gasteiger partial charge in [-0.25, -0.2) is 4.68 Å². The lowest BCUT2D eigenvalue weighted by molar-refractivity contribution is -0.396. The van der Waals surface area contributed by atoms with Gasteiger partial charge < -0.3 is 184 Å². The van der Waals surface area contributed by atoms with E-state index in [2.05, 4.69) is 57.2 Å². The van der Waals surface area contributed by atoms with Gasteiger partial charge in [-0.15, -0.1) is 5.10 Å². The summed E-state index contributed by atoms with van der Waals surface area (Å²) in [5.74, 6) is -0.0323. The third kappa shape index (κ3) is 16.4. The van der Waals surface area contributed by atoms with Crippen LogP contribution in [-0.4, -0.2) is 408 Å². The summed E-state index contributed by atoms with van der Waals surface area (Å²) in [5.41, 5.74) is -0.782. The SMILES string of the molecule is CC1(C)[C@@H](O)CC[C@]2(C)[C@H]3C(=O)C=C4[C@@H]5C[C@@](C)(C(=O)NCCOCc6cn(C[C@H]7O[C@@H]8O[C@H]9[C@H](O)[C@@H](O)[C@@H](O[C@H]%10[C@H](O)[C@@H](O)[C@@H](O[C@H]%11[C@H](O)[C@@H](O)[C@@H](O[C@H]%12[C@H](O)[C@@H](O)[C@@H](O[C@H]%13[C@H](O)[C@@H](O)[C@@H](O[C@H]%14[C@H](O)[C@@H](O)[C@@H](O[C@H]7[C@H](O)[C@H]8O)O[C@@H]%14CO)O[C@@H]%13CO)O[C@@H]%12CO)O[C@@H]%11CO)O[C@@H]%10CO)O[C@@H]9CO)nn6)CC[C@]5(C)CC[C@@]4(C)[C@]3(C)CC[C@@H]12. The number of aliphatic hydroxyl groups is 21. The van der Waals surface area contributed by atoms with Crippen molar-refractivity contribution in [2.75, 3.05) is 52.8 Å². The van der Waals surface area contributed by atoms with Gasteiger partial charge in [0.15, 0.2) is 49.8 Å². The molecule has 25 fully saturated rings. The van der Waals surface area contributed by atoms with Crippen LogP contribution in [0, 0.1) is 50.2 Å². The van der Waals surface area contributed by atoms with Crippen LogP contribution in [0.2, 0.25) is 0 Å². The Kier molecular flexibility index (Phi) is 27.5. The Hall–Kier alpha value is -3.42. The fourth-order valence-electron chi connectivity index (χ4n) is 22.1. The zero-order valence-electron chi connectivity index (χ0n) is 67.3. The number of carbonyl (C=O) groups excluding carboxylic acids is 2. The van der Waals surface area contributed by atoms with Gasteiger partial charge in [0.05, 0.1) is 71.7 Å². The van der Waals surface area contributed by atoms with Crippen molar-refractivity contribution in [1.82, 2.24) is 20.3 Å². The van der Waals surface area contributed by atoms with Crippen LogP contribution >= 0.6 is 0 Å². The van der Waals surface area contributed by atoms with E-state index in [0.29, 0.717) is 19.3 Å². The molecule has 22 heterocycles. The Bertz CT molecular complexity index is 3640. The first-order valence-electron chi connectivity index (χ1n) is 41.3. The van der Waals surface area contributed by atoms with Crippen molar-refractivity contribution in [3.63, 3.8) is 0 Å². The van der Waals surface area contributed by atoms with E-state index in [1.165, 1.54) is 10.9 Å². The first-order chi connectivity index (χ1) is 56.3. The molecule has 42 heteroatoms. The second kappa shape index (κ2) is 35.7. The zero-order chi connectivity index (χ0) is 86.0. The average molecular weight is 1710 g/mol. The number of fused-ring (bicyclic) bond motifs is 7. The molecular weight excluding hydrogens is 1590 g/mol. The van der Waals surface area contributed by atoms with E-state index >= 15 is 0 Å². The van der Waals surface area contributed by atoms with Crippen molar-refractivity contribution in [2.45, 2.75) is 340 Å². The van der Waals surface area contributed by atoms with Crippen LogP contribution in [0.25, 0.3) is 0 Å². The van der Waals surface area contributed by atoms with E-state index in [9.17, 15) is 117 Å². The number of hydrogen-bond acceptors (Lipinski definition) is 40. The zero-order valence-corrected chi connectivity index (χ0v) is 67.3. The molecule has 27 rings (SSSR count).